The quantitative estimate of drug-likeness (QED) is 0.121. The van der Waals surface area contributed by atoms with E-state index < -0.39 is 0 Å². The maximum Gasteiger partial charge on any atom is 0.0540 e. The number of fused-ring (bicyclic) bond motifs is 3. The highest BCUT2D eigenvalue weighted by atomic mass is 15.2. The van der Waals surface area contributed by atoms with E-state index in [1.807, 2.05) is 0 Å². The van der Waals surface area contributed by atoms with Gasteiger partial charge < -0.3 is 19.6 Å². The van der Waals surface area contributed by atoms with Crippen LogP contribution in [0.25, 0.3) is 27.6 Å². The van der Waals surface area contributed by atoms with Gasteiger partial charge in [0.1, 0.15) is 0 Å². The minimum absolute atomic E-state index is 0.510. The van der Waals surface area contributed by atoms with Crippen LogP contribution in [0.2, 0.25) is 0 Å². The number of para-hydroxylation sites is 3. The summed E-state index contributed by atoms with van der Waals surface area (Å²) < 4.78 is 0. The summed E-state index contributed by atoms with van der Waals surface area (Å²) >= 11 is 0. The second-order valence-electron chi connectivity index (χ2n) is 18.3. The molecule has 0 spiro atoms. The molecule has 11 aromatic rings. The molecule has 11 aromatic carbocycles. The first kappa shape index (κ1) is 43.2. The van der Waals surface area contributed by atoms with Crippen LogP contribution >= 0.6 is 0 Å². The molecule has 0 bridgehead atoms. The van der Waals surface area contributed by atoms with E-state index >= 15 is 0 Å². The third kappa shape index (κ3) is 8.47. The minimum Gasteiger partial charge on any atom is -0.310 e. The fourth-order valence-corrected chi connectivity index (χ4v) is 10.4. The smallest absolute Gasteiger partial charge is 0.0540 e. The van der Waals surface area contributed by atoms with Gasteiger partial charge in [0.15, 0.2) is 0 Å². The van der Waals surface area contributed by atoms with Gasteiger partial charge in [-0.2, -0.15) is 0 Å². The zero-order valence-corrected chi connectivity index (χ0v) is 39.6. The number of allylic oxidation sites excluding steroid dienone is 1. The first-order valence-corrected chi connectivity index (χ1v) is 24.6. The van der Waals surface area contributed by atoms with E-state index in [0.29, 0.717) is 5.92 Å². The zero-order chi connectivity index (χ0) is 47.5. The highest BCUT2D eigenvalue weighted by molar-refractivity contribution is 6.00. The largest absolute Gasteiger partial charge is 0.310 e. The second-order valence-corrected chi connectivity index (χ2v) is 18.3. The minimum atomic E-state index is 0.510. The molecule has 0 saturated carbocycles. The Morgan fingerprint density at radius 1 is 0.282 bits per heavy atom. The molecule has 0 aromatic heterocycles. The first-order valence-electron chi connectivity index (χ1n) is 24.6. The van der Waals surface area contributed by atoms with E-state index in [0.717, 1.165) is 69.0 Å². The number of nitrogens with zero attached hydrogens (tertiary/aromatic N) is 4. The second kappa shape index (κ2) is 19.1. The fraction of sp³-hybridized carbons (Fsp3) is 0.0448. The average molecular weight is 913 g/mol. The molecule has 0 amide bonds. The van der Waals surface area contributed by atoms with Crippen molar-refractivity contribution in [1.29, 1.82) is 0 Å². The summed E-state index contributed by atoms with van der Waals surface area (Å²) in [7, 11) is 0. The lowest BCUT2D eigenvalue weighted by Gasteiger charge is -2.31. The van der Waals surface area contributed by atoms with Gasteiger partial charge in [0.05, 0.1) is 17.1 Å². The molecular formula is C67H52N4. The Morgan fingerprint density at radius 3 is 1.01 bits per heavy atom. The fourth-order valence-electron chi connectivity index (χ4n) is 10.4. The van der Waals surface area contributed by atoms with E-state index in [4.69, 9.17) is 0 Å². The van der Waals surface area contributed by atoms with Gasteiger partial charge in [-0.05, 0) is 156 Å². The average Bonchev–Trinajstić information content (AvgIpc) is 3.43. The van der Waals surface area contributed by atoms with Crippen LogP contribution in [0.5, 0.6) is 0 Å². The standard InChI is InChI=1S/C67H52N4/c1-49-34-47-64-52(48-49)22-17-33-67(64)71(55-27-9-4-10-28-55)61-45-39-58(40-46-61)68(56-35-41-59(42-36-56)69(53-23-5-2-6-24-53)65-31-15-20-50-18-11-13-29-62(50)65)57-37-43-60(44-38-57)70(54-25-7-3-8-26-54)66-32-16-21-51-19-12-14-30-63(51)66/h2-47,49H,48H2,1H3. The van der Waals surface area contributed by atoms with Crippen LogP contribution in [-0.2, 0) is 6.42 Å². The van der Waals surface area contributed by atoms with Crippen LogP contribution in [0.15, 0.2) is 273 Å². The summed E-state index contributed by atoms with van der Waals surface area (Å²) in [6.45, 7) is 2.29. The maximum atomic E-state index is 2.40. The molecular weight excluding hydrogens is 861 g/mol. The van der Waals surface area contributed by atoms with Gasteiger partial charge in [-0.1, -0.05) is 159 Å². The Labute approximate surface area is 416 Å². The van der Waals surface area contributed by atoms with Crippen LogP contribution in [0.1, 0.15) is 18.1 Å². The molecule has 12 rings (SSSR count). The van der Waals surface area contributed by atoms with Crippen molar-refractivity contribution in [1.82, 2.24) is 0 Å². The summed E-state index contributed by atoms with van der Waals surface area (Å²) in [6.07, 6.45) is 5.69. The number of hydrogen-bond donors (Lipinski definition) is 0. The Balaban J connectivity index is 0.980. The Hall–Kier alpha value is -9.12. The summed E-state index contributed by atoms with van der Waals surface area (Å²) in [5.41, 5.74) is 15.8. The van der Waals surface area contributed by atoms with Crippen LogP contribution in [0.4, 0.5) is 68.2 Å². The molecule has 340 valence electrons. The lowest BCUT2D eigenvalue weighted by Crippen LogP contribution is -2.15. The van der Waals surface area contributed by atoms with Gasteiger partial charge in [-0.3, -0.25) is 0 Å². The van der Waals surface area contributed by atoms with Crippen molar-refractivity contribution in [2.45, 2.75) is 13.3 Å². The van der Waals surface area contributed by atoms with Gasteiger partial charge in [0.25, 0.3) is 0 Å². The van der Waals surface area contributed by atoms with Crippen molar-refractivity contribution in [3.8, 4) is 0 Å². The van der Waals surface area contributed by atoms with Gasteiger partial charge in [-0.15, -0.1) is 0 Å². The number of anilines is 12. The van der Waals surface area contributed by atoms with E-state index in [1.54, 1.807) is 0 Å². The Morgan fingerprint density at radius 2 is 0.592 bits per heavy atom. The highest BCUT2D eigenvalue weighted by Crippen LogP contribution is 2.46. The molecule has 1 unspecified atom stereocenters. The first-order chi connectivity index (χ1) is 35.1. The zero-order valence-electron chi connectivity index (χ0n) is 39.6. The van der Waals surface area contributed by atoms with Gasteiger partial charge >= 0.3 is 0 Å². The summed E-state index contributed by atoms with van der Waals surface area (Å²) in [4.78, 5) is 9.49. The molecule has 0 saturated heterocycles. The van der Waals surface area contributed by atoms with Crippen molar-refractivity contribution in [2.75, 3.05) is 19.6 Å². The van der Waals surface area contributed by atoms with Crippen molar-refractivity contribution in [2.24, 2.45) is 5.92 Å². The van der Waals surface area contributed by atoms with Crippen molar-refractivity contribution in [3.63, 3.8) is 0 Å². The van der Waals surface area contributed by atoms with Crippen LogP contribution < -0.4 is 19.6 Å². The van der Waals surface area contributed by atoms with Crippen LogP contribution in [0, 0.1) is 5.92 Å². The molecule has 0 heterocycles. The number of rotatable bonds is 12. The molecule has 4 heteroatoms. The van der Waals surface area contributed by atoms with Crippen molar-refractivity contribution in [3.05, 3.63) is 284 Å². The van der Waals surface area contributed by atoms with E-state index in [2.05, 4.69) is 306 Å². The molecule has 0 fully saturated rings. The summed E-state index contributed by atoms with van der Waals surface area (Å²) in [5.74, 6) is 0.510. The topological polar surface area (TPSA) is 13.0 Å². The predicted molar refractivity (Wildman–Crippen MR) is 302 cm³/mol. The molecule has 1 aliphatic carbocycles. The molecule has 0 radical (unpaired) electrons. The molecule has 1 atom stereocenters. The predicted octanol–water partition coefficient (Wildman–Crippen LogP) is 19.1. The van der Waals surface area contributed by atoms with Gasteiger partial charge in [0, 0.05) is 67.5 Å². The lowest BCUT2D eigenvalue weighted by atomic mass is 9.89. The van der Waals surface area contributed by atoms with Gasteiger partial charge in [0.2, 0.25) is 0 Å². The van der Waals surface area contributed by atoms with E-state index in [-0.39, 0.29) is 0 Å². The monoisotopic (exact) mass is 912 g/mol. The third-order valence-corrected chi connectivity index (χ3v) is 13.7. The van der Waals surface area contributed by atoms with Crippen molar-refractivity contribution >= 4 is 95.9 Å². The molecule has 4 nitrogen and oxygen atoms in total. The molecule has 1 aliphatic rings. The van der Waals surface area contributed by atoms with E-state index in [9.17, 15) is 0 Å². The normalized spacial score (nSPS) is 12.9. The molecule has 0 aliphatic heterocycles. The molecule has 71 heavy (non-hydrogen) atoms. The number of hydrogen-bond acceptors (Lipinski definition) is 4. The van der Waals surface area contributed by atoms with Crippen molar-refractivity contribution < 1.29 is 0 Å². The van der Waals surface area contributed by atoms with Gasteiger partial charge in [-0.25, -0.2) is 0 Å². The molecule has 0 N–H and O–H groups in total. The van der Waals surface area contributed by atoms with Crippen LogP contribution in [-0.4, -0.2) is 0 Å². The number of benzene rings is 11. The van der Waals surface area contributed by atoms with E-state index in [1.165, 1.54) is 38.4 Å². The SMILES string of the molecule is CC1C=Cc2c(cccc2N(c2ccccc2)c2ccc(N(c3ccc(N(c4ccccc4)c4cccc5ccccc45)cc3)c3ccc(N(c4ccccc4)c4cccc5ccccc45)cc3)cc2)C1. The lowest BCUT2D eigenvalue weighted by molar-refractivity contribution is 0.717. The highest BCUT2D eigenvalue weighted by Gasteiger charge is 2.23. The maximum absolute atomic E-state index is 2.40. The third-order valence-electron chi connectivity index (χ3n) is 13.7. The summed E-state index contributed by atoms with van der Waals surface area (Å²) in [6, 6.07) is 96.2. The summed E-state index contributed by atoms with van der Waals surface area (Å²) in [5, 5.41) is 4.81. The van der Waals surface area contributed by atoms with Crippen LogP contribution in [0.3, 0.4) is 0 Å². The Kier molecular flexibility index (Phi) is 11.6. The Bertz CT molecular complexity index is 3450.